The standard InChI is InChI=1S/C21H18FN5O/c1-15(16-8-9-19(18(22)14-16)26-13-5-11-23-26)25-21(28)20-10-12-24-27(20)17-6-3-2-4-7-17/h2-15H,1H3,(H,25,28)/t15-/m0/s1. The van der Waals surface area contributed by atoms with E-state index in [0.717, 1.165) is 5.69 Å². The van der Waals surface area contributed by atoms with Crippen LogP contribution >= 0.6 is 0 Å². The van der Waals surface area contributed by atoms with Gasteiger partial charge in [-0.15, -0.1) is 0 Å². The van der Waals surface area contributed by atoms with Gasteiger partial charge < -0.3 is 5.32 Å². The molecule has 0 bridgehead atoms. The molecular weight excluding hydrogens is 357 g/mol. The van der Waals surface area contributed by atoms with Gasteiger partial charge in [0.1, 0.15) is 17.2 Å². The highest BCUT2D eigenvalue weighted by molar-refractivity contribution is 5.93. The topological polar surface area (TPSA) is 64.7 Å². The fourth-order valence-electron chi connectivity index (χ4n) is 2.99. The molecular formula is C21H18FN5O. The minimum atomic E-state index is -0.406. The van der Waals surface area contributed by atoms with E-state index >= 15 is 0 Å². The van der Waals surface area contributed by atoms with Gasteiger partial charge in [-0.1, -0.05) is 24.3 Å². The average molecular weight is 375 g/mol. The van der Waals surface area contributed by atoms with E-state index in [9.17, 15) is 9.18 Å². The smallest absolute Gasteiger partial charge is 0.270 e. The van der Waals surface area contributed by atoms with Gasteiger partial charge in [-0.3, -0.25) is 4.79 Å². The molecule has 2 aromatic carbocycles. The zero-order chi connectivity index (χ0) is 19.5. The van der Waals surface area contributed by atoms with Crippen molar-refractivity contribution in [3.05, 3.63) is 96.3 Å². The van der Waals surface area contributed by atoms with E-state index in [1.165, 1.54) is 10.7 Å². The van der Waals surface area contributed by atoms with Crippen LogP contribution in [0.1, 0.15) is 29.0 Å². The predicted octanol–water partition coefficient (Wildman–Crippen LogP) is 3.69. The van der Waals surface area contributed by atoms with Gasteiger partial charge in [-0.25, -0.2) is 13.8 Å². The maximum Gasteiger partial charge on any atom is 0.270 e. The van der Waals surface area contributed by atoms with Crippen LogP contribution in [0.15, 0.2) is 79.3 Å². The zero-order valence-corrected chi connectivity index (χ0v) is 15.2. The summed E-state index contributed by atoms with van der Waals surface area (Å²) in [4.78, 5) is 12.7. The fraction of sp³-hybridized carbons (Fsp3) is 0.0952. The molecule has 6 nitrogen and oxygen atoms in total. The summed E-state index contributed by atoms with van der Waals surface area (Å²) in [6.07, 6.45) is 4.84. The Balaban J connectivity index is 1.53. The summed E-state index contributed by atoms with van der Waals surface area (Å²) in [5, 5.41) is 11.2. The summed E-state index contributed by atoms with van der Waals surface area (Å²) in [6.45, 7) is 1.81. The van der Waals surface area contributed by atoms with Crippen molar-refractivity contribution in [1.82, 2.24) is 24.9 Å². The second kappa shape index (κ2) is 7.48. The number of aromatic nitrogens is 4. The number of rotatable bonds is 5. The first-order valence-corrected chi connectivity index (χ1v) is 8.83. The molecule has 1 atom stereocenters. The van der Waals surface area contributed by atoms with Gasteiger partial charge in [0.15, 0.2) is 0 Å². The highest BCUT2D eigenvalue weighted by Crippen LogP contribution is 2.20. The number of carbonyl (C=O) groups excluding carboxylic acids is 1. The minimum Gasteiger partial charge on any atom is -0.344 e. The van der Waals surface area contributed by atoms with E-state index < -0.39 is 5.82 Å². The molecule has 0 saturated heterocycles. The van der Waals surface area contributed by atoms with Crippen LogP contribution < -0.4 is 5.32 Å². The van der Waals surface area contributed by atoms with Crippen LogP contribution in [0.25, 0.3) is 11.4 Å². The van der Waals surface area contributed by atoms with E-state index in [-0.39, 0.29) is 11.9 Å². The number of carbonyl (C=O) groups is 1. The quantitative estimate of drug-likeness (QED) is 0.579. The Morgan fingerprint density at radius 3 is 2.57 bits per heavy atom. The summed E-state index contributed by atoms with van der Waals surface area (Å²) < 4.78 is 17.5. The first-order valence-electron chi connectivity index (χ1n) is 8.83. The van der Waals surface area contributed by atoms with Crippen molar-refractivity contribution in [2.75, 3.05) is 0 Å². The molecule has 2 heterocycles. The maximum absolute atomic E-state index is 14.5. The summed E-state index contributed by atoms with van der Waals surface area (Å²) in [5.74, 6) is -0.693. The number of benzene rings is 2. The number of hydrogen-bond donors (Lipinski definition) is 1. The highest BCUT2D eigenvalue weighted by Gasteiger charge is 2.17. The van der Waals surface area contributed by atoms with Crippen molar-refractivity contribution in [3.63, 3.8) is 0 Å². The van der Waals surface area contributed by atoms with Crippen molar-refractivity contribution in [1.29, 1.82) is 0 Å². The van der Waals surface area contributed by atoms with Gasteiger partial charge in [0.05, 0.1) is 17.9 Å². The molecule has 28 heavy (non-hydrogen) atoms. The Kier molecular flexibility index (Phi) is 4.72. The minimum absolute atomic E-state index is 0.287. The maximum atomic E-state index is 14.5. The van der Waals surface area contributed by atoms with Gasteiger partial charge in [-0.05, 0) is 48.9 Å². The molecule has 0 aliphatic carbocycles. The van der Waals surface area contributed by atoms with Crippen LogP contribution in [-0.2, 0) is 0 Å². The lowest BCUT2D eigenvalue weighted by molar-refractivity contribution is 0.0932. The van der Waals surface area contributed by atoms with Gasteiger partial charge in [0, 0.05) is 12.4 Å². The van der Waals surface area contributed by atoms with Crippen LogP contribution in [0.5, 0.6) is 0 Å². The molecule has 140 valence electrons. The third-order valence-electron chi connectivity index (χ3n) is 4.45. The molecule has 1 N–H and O–H groups in total. The van der Waals surface area contributed by atoms with Gasteiger partial charge in [-0.2, -0.15) is 10.2 Å². The summed E-state index contributed by atoms with van der Waals surface area (Å²) >= 11 is 0. The van der Waals surface area contributed by atoms with Crippen molar-refractivity contribution in [3.8, 4) is 11.4 Å². The van der Waals surface area contributed by atoms with Crippen LogP contribution in [0.2, 0.25) is 0 Å². The molecule has 7 heteroatoms. The second-order valence-corrected chi connectivity index (χ2v) is 6.32. The van der Waals surface area contributed by atoms with Crippen LogP contribution in [0.4, 0.5) is 4.39 Å². The van der Waals surface area contributed by atoms with Crippen LogP contribution in [0, 0.1) is 5.82 Å². The van der Waals surface area contributed by atoms with Gasteiger partial charge in [0.25, 0.3) is 5.91 Å². The molecule has 0 aliphatic rings. The molecule has 0 saturated carbocycles. The number of hydrogen-bond acceptors (Lipinski definition) is 3. The number of halogens is 1. The Hall–Kier alpha value is -3.74. The third kappa shape index (κ3) is 3.42. The molecule has 4 aromatic rings. The normalized spacial score (nSPS) is 11.9. The molecule has 0 spiro atoms. The number of nitrogens with zero attached hydrogens (tertiary/aromatic N) is 4. The Bertz CT molecular complexity index is 1090. The number of amides is 1. The Morgan fingerprint density at radius 1 is 1.04 bits per heavy atom. The summed E-state index contributed by atoms with van der Waals surface area (Å²) in [5.41, 5.74) is 2.22. The molecule has 4 rings (SSSR count). The SMILES string of the molecule is C[C@H](NC(=O)c1ccnn1-c1ccccc1)c1ccc(-n2cccn2)c(F)c1. The van der Waals surface area contributed by atoms with E-state index in [4.69, 9.17) is 0 Å². The van der Waals surface area contributed by atoms with Crippen molar-refractivity contribution in [2.24, 2.45) is 0 Å². The van der Waals surface area contributed by atoms with Gasteiger partial charge >= 0.3 is 0 Å². The lowest BCUT2D eigenvalue weighted by Gasteiger charge is -2.16. The molecule has 0 fully saturated rings. The first-order chi connectivity index (χ1) is 13.6. The van der Waals surface area contributed by atoms with E-state index in [2.05, 4.69) is 15.5 Å². The van der Waals surface area contributed by atoms with Crippen LogP contribution in [-0.4, -0.2) is 25.5 Å². The highest BCUT2D eigenvalue weighted by atomic mass is 19.1. The molecule has 0 aliphatic heterocycles. The van der Waals surface area contributed by atoms with E-state index in [1.807, 2.05) is 37.3 Å². The second-order valence-electron chi connectivity index (χ2n) is 6.32. The largest absolute Gasteiger partial charge is 0.344 e. The zero-order valence-electron chi connectivity index (χ0n) is 15.2. The molecule has 2 aromatic heterocycles. The molecule has 0 unspecified atom stereocenters. The predicted molar refractivity (Wildman–Crippen MR) is 103 cm³/mol. The number of nitrogens with one attached hydrogen (secondary N) is 1. The van der Waals surface area contributed by atoms with Crippen molar-refractivity contribution >= 4 is 5.91 Å². The van der Waals surface area contributed by atoms with E-state index in [1.54, 1.807) is 47.5 Å². The lowest BCUT2D eigenvalue weighted by Crippen LogP contribution is -2.28. The van der Waals surface area contributed by atoms with Crippen LogP contribution in [0.3, 0.4) is 0 Å². The number of para-hydroxylation sites is 1. The third-order valence-corrected chi connectivity index (χ3v) is 4.45. The fourth-order valence-corrected chi connectivity index (χ4v) is 2.99. The molecule has 1 amide bonds. The van der Waals surface area contributed by atoms with E-state index in [0.29, 0.717) is 16.9 Å². The summed E-state index contributed by atoms with van der Waals surface area (Å²) in [7, 11) is 0. The Morgan fingerprint density at radius 2 is 1.86 bits per heavy atom. The monoisotopic (exact) mass is 375 g/mol. The molecule has 0 radical (unpaired) electrons. The van der Waals surface area contributed by atoms with Gasteiger partial charge in [0.2, 0.25) is 0 Å². The van der Waals surface area contributed by atoms with Crippen molar-refractivity contribution < 1.29 is 9.18 Å². The summed E-state index contributed by atoms with van der Waals surface area (Å²) in [6, 6.07) is 17.2. The average Bonchev–Trinajstić information content (AvgIpc) is 3.40. The lowest BCUT2D eigenvalue weighted by atomic mass is 10.1. The Labute approximate surface area is 161 Å². The first kappa shape index (κ1) is 17.7. The van der Waals surface area contributed by atoms with Crippen molar-refractivity contribution in [2.45, 2.75) is 13.0 Å².